The van der Waals surface area contributed by atoms with E-state index >= 15 is 0 Å². The van der Waals surface area contributed by atoms with Crippen LogP contribution in [0.3, 0.4) is 0 Å². The van der Waals surface area contributed by atoms with Gasteiger partial charge in [0.25, 0.3) is 0 Å². The summed E-state index contributed by atoms with van der Waals surface area (Å²) in [6.07, 6.45) is 4.81. The number of ether oxygens (including phenoxy) is 1. The molecule has 0 aromatic heterocycles. The zero-order valence-electron chi connectivity index (χ0n) is 12.7. The van der Waals surface area contributed by atoms with E-state index in [-0.39, 0.29) is 17.7 Å². The van der Waals surface area contributed by atoms with Crippen LogP contribution in [0.5, 0.6) is 0 Å². The van der Waals surface area contributed by atoms with Crippen molar-refractivity contribution >= 4 is 11.5 Å². The van der Waals surface area contributed by atoms with Crippen LogP contribution in [0.4, 0.5) is 10.1 Å². The van der Waals surface area contributed by atoms with Crippen LogP contribution in [-0.4, -0.2) is 31.1 Å². The number of anilines is 1. The highest BCUT2D eigenvalue weighted by atomic mass is 19.1. The Labute approximate surface area is 125 Å². The lowest BCUT2D eigenvalue weighted by Crippen LogP contribution is -2.53. The van der Waals surface area contributed by atoms with Gasteiger partial charge in [-0.15, -0.1) is 0 Å². The van der Waals surface area contributed by atoms with E-state index < -0.39 is 0 Å². The number of hydrogen-bond acceptors (Lipinski definition) is 3. The molecule has 4 heteroatoms. The summed E-state index contributed by atoms with van der Waals surface area (Å²) < 4.78 is 19.7. The Hall–Kier alpha value is -1.42. The van der Waals surface area contributed by atoms with Crippen LogP contribution in [0.2, 0.25) is 0 Å². The Morgan fingerprint density at radius 2 is 2.10 bits per heavy atom. The first kappa shape index (κ1) is 14.5. The SMILES string of the molecule is CC(=O)c1cc(F)c(C)cc1N1CCOC2CCCCC21. The molecule has 2 fully saturated rings. The molecule has 3 nitrogen and oxygen atoms in total. The minimum Gasteiger partial charge on any atom is -0.374 e. The minimum atomic E-state index is -0.308. The number of halogens is 1. The Morgan fingerprint density at radius 3 is 2.86 bits per heavy atom. The van der Waals surface area contributed by atoms with Crippen molar-refractivity contribution in [3.05, 3.63) is 29.1 Å². The molecular weight excluding hydrogens is 269 g/mol. The van der Waals surface area contributed by atoms with Crippen LogP contribution >= 0.6 is 0 Å². The number of nitrogens with zero attached hydrogens (tertiary/aromatic N) is 1. The molecule has 1 aromatic rings. The van der Waals surface area contributed by atoms with Gasteiger partial charge in [0.2, 0.25) is 0 Å². The summed E-state index contributed by atoms with van der Waals surface area (Å²) >= 11 is 0. The molecular formula is C17H22FNO2. The summed E-state index contributed by atoms with van der Waals surface area (Å²) in [5.74, 6) is -0.389. The molecule has 1 heterocycles. The Morgan fingerprint density at radius 1 is 1.33 bits per heavy atom. The molecule has 0 bridgehead atoms. The van der Waals surface area contributed by atoms with E-state index in [1.54, 1.807) is 6.92 Å². The van der Waals surface area contributed by atoms with Gasteiger partial charge in [0.1, 0.15) is 5.82 Å². The number of benzene rings is 1. The average molecular weight is 291 g/mol. The van der Waals surface area contributed by atoms with E-state index in [9.17, 15) is 9.18 Å². The van der Waals surface area contributed by atoms with Gasteiger partial charge >= 0.3 is 0 Å². The molecule has 0 amide bonds. The zero-order chi connectivity index (χ0) is 15.0. The molecule has 0 N–H and O–H groups in total. The van der Waals surface area contributed by atoms with Crippen LogP contribution < -0.4 is 4.90 Å². The number of carbonyl (C=O) groups excluding carboxylic acids is 1. The molecule has 1 aromatic carbocycles. The maximum atomic E-state index is 13.8. The van der Waals surface area contributed by atoms with E-state index in [2.05, 4.69) is 4.90 Å². The molecule has 0 spiro atoms. The lowest BCUT2D eigenvalue weighted by molar-refractivity contribution is -0.00873. The molecule has 1 saturated carbocycles. The van der Waals surface area contributed by atoms with Crippen molar-refractivity contribution in [2.75, 3.05) is 18.1 Å². The van der Waals surface area contributed by atoms with E-state index in [1.807, 2.05) is 6.07 Å². The smallest absolute Gasteiger partial charge is 0.161 e. The summed E-state index contributed by atoms with van der Waals surface area (Å²) in [7, 11) is 0. The second-order valence-corrected chi connectivity index (χ2v) is 6.13. The maximum absolute atomic E-state index is 13.8. The van der Waals surface area contributed by atoms with Crippen molar-refractivity contribution in [2.45, 2.75) is 51.7 Å². The lowest BCUT2D eigenvalue weighted by atomic mass is 9.89. The molecule has 114 valence electrons. The van der Waals surface area contributed by atoms with Crippen LogP contribution in [0.1, 0.15) is 48.5 Å². The van der Waals surface area contributed by atoms with Crippen LogP contribution in [-0.2, 0) is 4.74 Å². The van der Waals surface area contributed by atoms with Gasteiger partial charge in [-0.25, -0.2) is 4.39 Å². The molecule has 1 aliphatic carbocycles. The summed E-state index contributed by atoms with van der Waals surface area (Å²) in [6.45, 7) is 4.70. The largest absolute Gasteiger partial charge is 0.374 e. The highest BCUT2D eigenvalue weighted by Crippen LogP contribution is 2.34. The Kier molecular flexibility index (Phi) is 3.98. The van der Waals surface area contributed by atoms with E-state index in [0.29, 0.717) is 23.8 Å². The summed E-state index contributed by atoms with van der Waals surface area (Å²) in [4.78, 5) is 14.2. The van der Waals surface area contributed by atoms with Gasteiger partial charge in [-0.1, -0.05) is 12.8 Å². The first-order chi connectivity index (χ1) is 10.1. The van der Waals surface area contributed by atoms with Crippen LogP contribution in [0.25, 0.3) is 0 Å². The predicted octanol–water partition coefficient (Wildman–Crippen LogP) is 3.48. The molecule has 3 rings (SSSR count). The molecule has 2 unspecified atom stereocenters. The summed E-state index contributed by atoms with van der Waals surface area (Å²) in [5.41, 5.74) is 1.96. The fraction of sp³-hybridized carbons (Fsp3) is 0.588. The Balaban J connectivity index is 2.01. The first-order valence-electron chi connectivity index (χ1n) is 7.77. The van der Waals surface area contributed by atoms with Gasteiger partial charge in [0, 0.05) is 17.8 Å². The summed E-state index contributed by atoms with van der Waals surface area (Å²) in [5, 5.41) is 0. The van der Waals surface area contributed by atoms with Gasteiger partial charge in [-0.3, -0.25) is 4.79 Å². The summed E-state index contributed by atoms with van der Waals surface area (Å²) in [6, 6.07) is 3.53. The predicted molar refractivity (Wildman–Crippen MR) is 80.5 cm³/mol. The fourth-order valence-corrected chi connectivity index (χ4v) is 3.58. The van der Waals surface area contributed by atoms with Crippen LogP contribution in [0, 0.1) is 12.7 Å². The van der Waals surface area contributed by atoms with Crippen LogP contribution in [0.15, 0.2) is 12.1 Å². The number of fused-ring (bicyclic) bond motifs is 1. The van der Waals surface area contributed by atoms with Crippen molar-refractivity contribution in [1.82, 2.24) is 0 Å². The van der Waals surface area contributed by atoms with Gasteiger partial charge in [-0.2, -0.15) is 0 Å². The lowest BCUT2D eigenvalue weighted by Gasteiger charge is -2.45. The zero-order valence-corrected chi connectivity index (χ0v) is 12.7. The number of hydrogen-bond donors (Lipinski definition) is 0. The van der Waals surface area contributed by atoms with E-state index in [0.717, 1.165) is 25.1 Å². The number of rotatable bonds is 2. The van der Waals surface area contributed by atoms with Crippen molar-refractivity contribution in [2.24, 2.45) is 0 Å². The Bertz CT molecular complexity index is 556. The quantitative estimate of drug-likeness (QED) is 0.781. The van der Waals surface area contributed by atoms with Crippen molar-refractivity contribution < 1.29 is 13.9 Å². The number of carbonyl (C=O) groups is 1. The van der Waals surface area contributed by atoms with Gasteiger partial charge in [0.15, 0.2) is 5.78 Å². The number of ketones is 1. The highest BCUT2D eigenvalue weighted by Gasteiger charge is 2.35. The van der Waals surface area contributed by atoms with Crippen molar-refractivity contribution in [3.8, 4) is 0 Å². The maximum Gasteiger partial charge on any atom is 0.161 e. The first-order valence-corrected chi connectivity index (χ1v) is 7.77. The molecule has 2 atom stereocenters. The second-order valence-electron chi connectivity index (χ2n) is 6.13. The van der Waals surface area contributed by atoms with E-state index in [1.165, 1.54) is 25.8 Å². The van der Waals surface area contributed by atoms with Gasteiger partial charge < -0.3 is 9.64 Å². The number of morpholine rings is 1. The average Bonchev–Trinajstić information content (AvgIpc) is 2.49. The molecule has 2 aliphatic rings. The van der Waals surface area contributed by atoms with Crippen molar-refractivity contribution in [1.29, 1.82) is 0 Å². The standard InChI is InChI=1S/C17H22FNO2/c1-11-9-16(13(12(2)20)10-14(11)18)19-7-8-21-17-6-4-3-5-15(17)19/h9-10,15,17H,3-8H2,1-2H3. The highest BCUT2D eigenvalue weighted by molar-refractivity contribution is 6.00. The number of aryl methyl sites for hydroxylation is 1. The fourth-order valence-electron chi connectivity index (χ4n) is 3.58. The number of Topliss-reactive ketones (excluding diaryl/α,β-unsaturated/α-hetero) is 1. The van der Waals surface area contributed by atoms with Crippen molar-refractivity contribution in [3.63, 3.8) is 0 Å². The molecule has 1 saturated heterocycles. The second kappa shape index (κ2) is 5.76. The van der Waals surface area contributed by atoms with Gasteiger partial charge in [0.05, 0.1) is 18.8 Å². The monoisotopic (exact) mass is 291 g/mol. The van der Waals surface area contributed by atoms with Gasteiger partial charge in [-0.05, 0) is 44.4 Å². The third-order valence-electron chi connectivity index (χ3n) is 4.70. The van der Waals surface area contributed by atoms with E-state index in [4.69, 9.17) is 4.74 Å². The topological polar surface area (TPSA) is 29.5 Å². The normalized spacial score (nSPS) is 25.6. The third-order valence-corrected chi connectivity index (χ3v) is 4.70. The molecule has 0 radical (unpaired) electrons. The minimum absolute atomic E-state index is 0.0808. The molecule has 1 aliphatic heterocycles. The molecule has 21 heavy (non-hydrogen) atoms. The third kappa shape index (κ3) is 2.69.